The molecule has 0 aromatic heterocycles. The van der Waals surface area contributed by atoms with Crippen LogP contribution in [0.2, 0.25) is 0 Å². The fourth-order valence-corrected chi connectivity index (χ4v) is 3.09. The SMILES string of the molecule is CCC1NC(c2cccc(C)c2)N(C(C)C(C)CC)C1=O. The largest absolute Gasteiger partial charge is 0.319 e. The maximum atomic E-state index is 12.7. The van der Waals surface area contributed by atoms with E-state index in [-0.39, 0.29) is 24.2 Å². The third-order valence-corrected chi connectivity index (χ3v) is 4.86. The van der Waals surface area contributed by atoms with E-state index < -0.39 is 0 Å². The van der Waals surface area contributed by atoms with Gasteiger partial charge in [0, 0.05) is 6.04 Å². The molecule has 1 saturated heterocycles. The van der Waals surface area contributed by atoms with Crippen LogP contribution in [0.5, 0.6) is 0 Å². The number of hydrogen-bond donors (Lipinski definition) is 1. The molecule has 1 heterocycles. The summed E-state index contributed by atoms with van der Waals surface area (Å²) in [6.45, 7) is 10.8. The molecule has 0 radical (unpaired) electrons. The maximum absolute atomic E-state index is 12.7. The lowest BCUT2D eigenvalue weighted by molar-refractivity contribution is -0.133. The van der Waals surface area contributed by atoms with E-state index in [1.54, 1.807) is 0 Å². The summed E-state index contributed by atoms with van der Waals surface area (Å²) in [6, 6.07) is 8.66. The van der Waals surface area contributed by atoms with Crippen molar-refractivity contribution in [2.75, 3.05) is 0 Å². The van der Waals surface area contributed by atoms with Gasteiger partial charge in [0.25, 0.3) is 0 Å². The van der Waals surface area contributed by atoms with Gasteiger partial charge < -0.3 is 4.90 Å². The molecule has 0 bridgehead atoms. The molecule has 1 aromatic carbocycles. The van der Waals surface area contributed by atoms with Gasteiger partial charge in [-0.1, -0.05) is 57.0 Å². The van der Waals surface area contributed by atoms with Gasteiger partial charge >= 0.3 is 0 Å². The Hall–Kier alpha value is -1.35. The Morgan fingerprint density at radius 2 is 2.00 bits per heavy atom. The lowest BCUT2D eigenvalue weighted by Gasteiger charge is -2.34. The van der Waals surface area contributed by atoms with Crippen LogP contribution in [-0.4, -0.2) is 22.9 Å². The molecule has 116 valence electrons. The Kier molecular flexibility index (Phi) is 5.04. The van der Waals surface area contributed by atoms with Gasteiger partial charge in [0.05, 0.1) is 6.04 Å². The van der Waals surface area contributed by atoms with Crippen LogP contribution in [0, 0.1) is 12.8 Å². The minimum atomic E-state index is -0.0537. The van der Waals surface area contributed by atoms with Gasteiger partial charge in [-0.3, -0.25) is 10.1 Å². The zero-order valence-corrected chi connectivity index (χ0v) is 13.9. The normalized spacial score (nSPS) is 25.2. The van der Waals surface area contributed by atoms with Crippen LogP contribution in [0.3, 0.4) is 0 Å². The Morgan fingerprint density at radius 1 is 1.29 bits per heavy atom. The van der Waals surface area contributed by atoms with E-state index in [1.807, 2.05) is 0 Å². The highest BCUT2D eigenvalue weighted by Gasteiger charge is 2.41. The van der Waals surface area contributed by atoms with Gasteiger partial charge in [0.1, 0.15) is 6.17 Å². The molecule has 2 rings (SSSR count). The molecule has 3 nitrogen and oxygen atoms in total. The molecule has 4 unspecified atom stereocenters. The Morgan fingerprint density at radius 3 is 2.57 bits per heavy atom. The van der Waals surface area contributed by atoms with Crippen LogP contribution in [0.25, 0.3) is 0 Å². The number of carbonyl (C=O) groups is 1. The average molecular weight is 288 g/mol. The van der Waals surface area contributed by atoms with E-state index in [0.717, 1.165) is 12.8 Å². The molecule has 0 spiro atoms. The number of amides is 1. The van der Waals surface area contributed by atoms with Crippen molar-refractivity contribution in [2.24, 2.45) is 5.92 Å². The molecule has 1 N–H and O–H groups in total. The van der Waals surface area contributed by atoms with Crippen molar-refractivity contribution in [3.8, 4) is 0 Å². The average Bonchev–Trinajstić information content (AvgIpc) is 2.82. The first-order valence-corrected chi connectivity index (χ1v) is 8.14. The summed E-state index contributed by atoms with van der Waals surface area (Å²) in [5.74, 6) is 0.746. The maximum Gasteiger partial charge on any atom is 0.241 e. The number of hydrogen-bond acceptors (Lipinski definition) is 2. The van der Waals surface area contributed by atoms with Crippen LogP contribution in [0.1, 0.15) is 57.8 Å². The van der Waals surface area contributed by atoms with E-state index in [4.69, 9.17) is 0 Å². The minimum Gasteiger partial charge on any atom is -0.319 e. The molecule has 1 aliphatic heterocycles. The second-order valence-corrected chi connectivity index (χ2v) is 6.32. The summed E-state index contributed by atoms with van der Waals surface area (Å²) >= 11 is 0. The van der Waals surface area contributed by atoms with Gasteiger partial charge in [-0.15, -0.1) is 0 Å². The highest BCUT2D eigenvalue weighted by Crippen LogP contribution is 2.31. The van der Waals surface area contributed by atoms with Crippen molar-refractivity contribution in [1.82, 2.24) is 10.2 Å². The van der Waals surface area contributed by atoms with Crippen LogP contribution >= 0.6 is 0 Å². The lowest BCUT2D eigenvalue weighted by atomic mass is 9.97. The van der Waals surface area contributed by atoms with Crippen LogP contribution in [-0.2, 0) is 4.79 Å². The second kappa shape index (κ2) is 6.61. The first kappa shape index (κ1) is 16.0. The van der Waals surface area contributed by atoms with Crippen molar-refractivity contribution in [3.63, 3.8) is 0 Å². The molecule has 1 fully saturated rings. The number of rotatable bonds is 5. The second-order valence-electron chi connectivity index (χ2n) is 6.32. The molecular formula is C18H28N2O. The Balaban J connectivity index is 2.34. The molecule has 1 aliphatic rings. The van der Waals surface area contributed by atoms with Gasteiger partial charge in [-0.25, -0.2) is 0 Å². The van der Waals surface area contributed by atoms with Crippen molar-refractivity contribution in [2.45, 2.75) is 65.7 Å². The van der Waals surface area contributed by atoms with Crippen LogP contribution in [0.15, 0.2) is 24.3 Å². The zero-order chi connectivity index (χ0) is 15.6. The quantitative estimate of drug-likeness (QED) is 0.897. The molecule has 1 aromatic rings. The van der Waals surface area contributed by atoms with Gasteiger partial charge in [0.15, 0.2) is 0 Å². The van der Waals surface area contributed by atoms with E-state index in [0.29, 0.717) is 5.92 Å². The Labute approximate surface area is 128 Å². The summed E-state index contributed by atoms with van der Waals surface area (Å²) in [6.07, 6.45) is 1.93. The summed E-state index contributed by atoms with van der Waals surface area (Å²) in [5, 5.41) is 3.52. The standard InChI is InChI=1S/C18H28N2O/c1-6-13(4)14(5)20-17(19-16(7-2)18(20)21)15-10-8-9-12(3)11-15/h8-11,13-14,16-17,19H,6-7H2,1-5H3. The predicted octanol–water partition coefficient (Wildman–Crippen LogP) is 3.64. The summed E-state index contributed by atoms with van der Waals surface area (Å²) in [4.78, 5) is 14.8. The zero-order valence-electron chi connectivity index (χ0n) is 13.9. The molecule has 21 heavy (non-hydrogen) atoms. The molecular weight excluding hydrogens is 260 g/mol. The smallest absolute Gasteiger partial charge is 0.241 e. The summed E-state index contributed by atoms with van der Waals surface area (Å²) in [7, 11) is 0. The molecule has 3 heteroatoms. The molecule has 1 amide bonds. The van der Waals surface area contributed by atoms with Crippen molar-refractivity contribution >= 4 is 5.91 Å². The van der Waals surface area contributed by atoms with Crippen LogP contribution < -0.4 is 5.32 Å². The van der Waals surface area contributed by atoms with Crippen molar-refractivity contribution in [1.29, 1.82) is 0 Å². The molecule has 0 saturated carbocycles. The van der Waals surface area contributed by atoms with Crippen LogP contribution in [0.4, 0.5) is 0 Å². The van der Waals surface area contributed by atoms with Gasteiger partial charge in [-0.2, -0.15) is 0 Å². The summed E-state index contributed by atoms with van der Waals surface area (Å²) < 4.78 is 0. The number of benzene rings is 1. The third-order valence-electron chi connectivity index (χ3n) is 4.86. The van der Waals surface area contributed by atoms with Gasteiger partial charge in [-0.05, 0) is 31.7 Å². The van der Waals surface area contributed by atoms with Gasteiger partial charge in [0.2, 0.25) is 5.91 Å². The third kappa shape index (κ3) is 3.13. The first-order chi connectivity index (χ1) is 9.99. The first-order valence-electron chi connectivity index (χ1n) is 8.14. The monoisotopic (exact) mass is 288 g/mol. The predicted molar refractivity (Wildman–Crippen MR) is 86.9 cm³/mol. The van der Waals surface area contributed by atoms with E-state index >= 15 is 0 Å². The highest BCUT2D eigenvalue weighted by atomic mass is 16.2. The minimum absolute atomic E-state index is 0.00588. The van der Waals surface area contributed by atoms with Crippen molar-refractivity contribution < 1.29 is 4.79 Å². The fourth-order valence-electron chi connectivity index (χ4n) is 3.09. The lowest BCUT2D eigenvalue weighted by Crippen LogP contribution is -2.41. The number of carbonyl (C=O) groups excluding carboxylic acids is 1. The van der Waals surface area contributed by atoms with E-state index in [1.165, 1.54) is 11.1 Å². The van der Waals surface area contributed by atoms with Crippen molar-refractivity contribution in [3.05, 3.63) is 35.4 Å². The highest BCUT2D eigenvalue weighted by molar-refractivity contribution is 5.84. The number of aryl methyl sites for hydroxylation is 1. The van der Waals surface area contributed by atoms with E-state index in [2.05, 4.69) is 69.1 Å². The molecule has 0 aliphatic carbocycles. The topological polar surface area (TPSA) is 32.3 Å². The van der Waals surface area contributed by atoms with E-state index in [9.17, 15) is 4.79 Å². The summed E-state index contributed by atoms with van der Waals surface area (Å²) in [5.41, 5.74) is 2.42. The number of nitrogens with one attached hydrogen (secondary N) is 1. The number of nitrogens with zero attached hydrogens (tertiary/aromatic N) is 1. The Bertz CT molecular complexity index is 500. The fraction of sp³-hybridized carbons (Fsp3) is 0.611. The molecule has 4 atom stereocenters.